The lowest BCUT2D eigenvalue weighted by molar-refractivity contribution is 0.414. The van der Waals surface area contributed by atoms with Crippen LogP contribution >= 0.6 is 11.8 Å². The zero-order valence-electron chi connectivity index (χ0n) is 11.3. The maximum atomic E-state index is 5.16. The molecule has 0 amide bonds. The Bertz CT molecular complexity index is 484. The maximum absolute atomic E-state index is 5.16. The largest absolute Gasteiger partial charge is 0.497 e. The van der Waals surface area contributed by atoms with E-state index in [9.17, 15) is 0 Å². The van der Waals surface area contributed by atoms with Gasteiger partial charge in [0.05, 0.1) is 7.11 Å². The summed E-state index contributed by atoms with van der Waals surface area (Å²) in [7, 11) is 3.70. The van der Waals surface area contributed by atoms with E-state index in [0.29, 0.717) is 6.04 Å². The van der Waals surface area contributed by atoms with Gasteiger partial charge in [-0.05, 0) is 36.9 Å². The number of methoxy groups -OCH3 is 1. The highest BCUT2D eigenvalue weighted by Crippen LogP contribution is 2.26. The van der Waals surface area contributed by atoms with Gasteiger partial charge in [-0.1, -0.05) is 30.3 Å². The van der Waals surface area contributed by atoms with Crippen LogP contribution < -0.4 is 10.1 Å². The van der Waals surface area contributed by atoms with E-state index in [1.54, 1.807) is 7.11 Å². The van der Waals surface area contributed by atoms with Crippen molar-refractivity contribution in [1.82, 2.24) is 5.32 Å². The molecule has 1 atom stereocenters. The van der Waals surface area contributed by atoms with Crippen LogP contribution in [0.3, 0.4) is 0 Å². The van der Waals surface area contributed by atoms with Crippen LogP contribution in [0.1, 0.15) is 11.6 Å². The Morgan fingerprint density at radius 1 is 1.05 bits per heavy atom. The third-order valence-corrected chi connectivity index (χ3v) is 4.13. The molecule has 2 nitrogen and oxygen atoms in total. The van der Waals surface area contributed by atoms with Crippen LogP contribution in [0.15, 0.2) is 59.5 Å². The summed E-state index contributed by atoms with van der Waals surface area (Å²) < 4.78 is 5.16. The third kappa shape index (κ3) is 4.01. The molecule has 2 aromatic carbocycles. The highest BCUT2D eigenvalue weighted by atomic mass is 32.2. The predicted octanol–water partition coefficient (Wildman–Crippen LogP) is 3.75. The summed E-state index contributed by atoms with van der Waals surface area (Å²) in [6.45, 7) is 0. The summed E-state index contributed by atoms with van der Waals surface area (Å²) >= 11 is 1.85. The Labute approximate surface area is 119 Å². The van der Waals surface area contributed by atoms with E-state index in [0.717, 1.165) is 11.5 Å². The Morgan fingerprint density at radius 3 is 2.32 bits per heavy atom. The van der Waals surface area contributed by atoms with Gasteiger partial charge in [-0.2, -0.15) is 0 Å². The number of benzene rings is 2. The van der Waals surface area contributed by atoms with Crippen molar-refractivity contribution in [3.63, 3.8) is 0 Å². The van der Waals surface area contributed by atoms with E-state index in [4.69, 9.17) is 4.74 Å². The van der Waals surface area contributed by atoms with Crippen LogP contribution in [0.2, 0.25) is 0 Å². The van der Waals surface area contributed by atoms with Crippen molar-refractivity contribution in [2.24, 2.45) is 0 Å². The fourth-order valence-electron chi connectivity index (χ4n) is 1.88. The van der Waals surface area contributed by atoms with Crippen LogP contribution in [-0.4, -0.2) is 19.9 Å². The van der Waals surface area contributed by atoms with E-state index >= 15 is 0 Å². The number of hydrogen-bond acceptors (Lipinski definition) is 3. The number of rotatable bonds is 6. The Balaban J connectivity index is 1.96. The molecule has 0 radical (unpaired) electrons. The normalized spacial score (nSPS) is 12.1. The van der Waals surface area contributed by atoms with Gasteiger partial charge in [0.1, 0.15) is 5.75 Å². The van der Waals surface area contributed by atoms with Gasteiger partial charge in [-0.25, -0.2) is 0 Å². The molecule has 0 aliphatic carbocycles. The van der Waals surface area contributed by atoms with E-state index in [-0.39, 0.29) is 0 Å². The summed E-state index contributed by atoms with van der Waals surface area (Å²) in [6.07, 6.45) is 0. The molecule has 1 unspecified atom stereocenters. The average Bonchev–Trinajstić information content (AvgIpc) is 2.49. The van der Waals surface area contributed by atoms with Crippen LogP contribution in [0.5, 0.6) is 5.75 Å². The SMILES string of the molecule is CNC(CSc1ccc(OC)cc1)c1ccccc1. The highest BCUT2D eigenvalue weighted by Gasteiger charge is 2.08. The Kier molecular flexibility index (Phi) is 5.31. The minimum Gasteiger partial charge on any atom is -0.497 e. The lowest BCUT2D eigenvalue weighted by atomic mass is 10.1. The maximum Gasteiger partial charge on any atom is 0.118 e. The van der Waals surface area contributed by atoms with Crippen LogP contribution in [0, 0.1) is 0 Å². The first-order valence-corrected chi connectivity index (χ1v) is 7.31. The van der Waals surface area contributed by atoms with E-state index in [2.05, 4.69) is 41.7 Å². The Morgan fingerprint density at radius 2 is 1.74 bits per heavy atom. The molecule has 0 fully saturated rings. The minimum absolute atomic E-state index is 0.369. The van der Waals surface area contributed by atoms with Crippen molar-refractivity contribution in [1.29, 1.82) is 0 Å². The molecule has 0 saturated heterocycles. The minimum atomic E-state index is 0.369. The molecule has 0 heterocycles. The zero-order chi connectivity index (χ0) is 13.5. The van der Waals surface area contributed by atoms with Crippen LogP contribution in [-0.2, 0) is 0 Å². The monoisotopic (exact) mass is 273 g/mol. The molecular weight excluding hydrogens is 254 g/mol. The second-order valence-corrected chi connectivity index (χ2v) is 5.33. The smallest absolute Gasteiger partial charge is 0.118 e. The topological polar surface area (TPSA) is 21.3 Å². The number of hydrogen-bond donors (Lipinski definition) is 1. The van der Waals surface area contributed by atoms with Crippen molar-refractivity contribution in [3.8, 4) is 5.75 Å². The average molecular weight is 273 g/mol. The predicted molar refractivity (Wildman–Crippen MR) is 82.0 cm³/mol. The van der Waals surface area contributed by atoms with Crippen molar-refractivity contribution in [2.45, 2.75) is 10.9 Å². The third-order valence-electron chi connectivity index (χ3n) is 3.03. The second-order valence-electron chi connectivity index (χ2n) is 4.24. The molecule has 0 aromatic heterocycles. The van der Waals surface area contributed by atoms with Crippen molar-refractivity contribution in [3.05, 3.63) is 60.2 Å². The summed E-state index contributed by atoms with van der Waals surface area (Å²) in [5, 5.41) is 3.37. The van der Waals surface area contributed by atoms with E-state index in [1.165, 1.54) is 10.5 Å². The van der Waals surface area contributed by atoms with Gasteiger partial charge in [0, 0.05) is 16.7 Å². The first-order valence-electron chi connectivity index (χ1n) is 6.32. The van der Waals surface area contributed by atoms with E-state index < -0.39 is 0 Å². The molecular formula is C16H19NOS. The van der Waals surface area contributed by atoms with Gasteiger partial charge < -0.3 is 10.1 Å². The molecule has 0 aliphatic rings. The summed E-state index contributed by atoms with van der Waals surface area (Å²) in [6, 6.07) is 19.1. The molecule has 0 bridgehead atoms. The zero-order valence-corrected chi connectivity index (χ0v) is 12.1. The Hall–Kier alpha value is -1.45. The van der Waals surface area contributed by atoms with Gasteiger partial charge >= 0.3 is 0 Å². The molecule has 2 aromatic rings. The quantitative estimate of drug-likeness (QED) is 0.810. The van der Waals surface area contributed by atoms with Gasteiger partial charge in [0.25, 0.3) is 0 Å². The van der Waals surface area contributed by atoms with Gasteiger partial charge in [0.15, 0.2) is 0 Å². The molecule has 3 heteroatoms. The van der Waals surface area contributed by atoms with Crippen molar-refractivity contribution in [2.75, 3.05) is 19.9 Å². The van der Waals surface area contributed by atoms with Gasteiger partial charge in [-0.15, -0.1) is 11.8 Å². The summed E-state index contributed by atoms with van der Waals surface area (Å²) in [4.78, 5) is 1.26. The molecule has 0 spiro atoms. The fraction of sp³-hybridized carbons (Fsp3) is 0.250. The van der Waals surface area contributed by atoms with Crippen molar-refractivity contribution < 1.29 is 4.74 Å². The standard InChI is InChI=1S/C16H19NOS/c1-17-16(13-6-4-3-5-7-13)12-19-15-10-8-14(18-2)9-11-15/h3-11,16-17H,12H2,1-2H3. The van der Waals surface area contributed by atoms with Gasteiger partial charge in [0.2, 0.25) is 0 Å². The molecule has 2 rings (SSSR count). The lowest BCUT2D eigenvalue weighted by Crippen LogP contribution is -2.18. The first-order chi connectivity index (χ1) is 9.33. The van der Waals surface area contributed by atoms with Crippen LogP contribution in [0.25, 0.3) is 0 Å². The molecule has 1 N–H and O–H groups in total. The molecule has 100 valence electrons. The number of nitrogens with one attached hydrogen (secondary N) is 1. The van der Waals surface area contributed by atoms with Gasteiger partial charge in [-0.3, -0.25) is 0 Å². The second kappa shape index (κ2) is 7.22. The molecule has 0 aliphatic heterocycles. The fourth-order valence-corrected chi connectivity index (χ4v) is 2.93. The highest BCUT2D eigenvalue weighted by molar-refractivity contribution is 7.99. The lowest BCUT2D eigenvalue weighted by Gasteiger charge is -2.16. The van der Waals surface area contributed by atoms with Crippen molar-refractivity contribution >= 4 is 11.8 Å². The molecule has 19 heavy (non-hydrogen) atoms. The first kappa shape index (κ1) is 14.0. The van der Waals surface area contributed by atoms with Crippen LogP contribution in [0.4, 0.5) is 0 Å². The number of ether oxygens (including phenoxy) is 1. The summed E-state index contributed by atoms with van der Waals surface area (Å²) in [5.41, 5.74) is 1.33. The van der Waals surface area contributed by atoms with E-state index in [1.807, 2.05) is 37.0 Å². The number of thioether (sulfide) groups is 1. The molecule has 0 saturated carbocycles. The summed E-state index contributed by atoms with van der Waals surface area (Å²) in [5.74, 6) is 1.91.